The minimum atomic E-state index is 0. The first-order chi connectivity index (χ1) is 68.0. The number of benzene rings is 2. The Morgan fingerprint density at radius 1 is 0.196 bits per heavy atom. The first-order valence-corrected chi connectivity index (χ1v) is 64.0. The summed E-state index contributed by atoms with van der Waals surface area (Å²) in [6.07, 6.45) is 165. The van der Waals surface area contributed by atoms with Gasteiger partial charge in [-0.05, 0) is 87.5 Å². The van der Waals surface area contributed by atoms with E-state index in [0.717, 1.165) is 68.3 Å². The Balaban J connectivity index is 0.00000276. The van der Waals surface area contributed by atoms with Crippen molar-refractivity contribution in [3.63, 3.8) is 0 Å². The Morgan fingerprint density at radius 3 is 0.572 bits per heavy atom. The van der Waals surface area contributed by atoms with Gasteiger partial charge in [-0.25, -0.2) is 4.70 Å². The molecule has 0 fully saturated rings. The van der Waals surface area contributed by atoms with Crippen molar-refractivity contribution in [2.45, 2.75) is 728 Å². The molecule has 1 aliphatic heterocycles. The van der Waals surface area contributed by atoms with Gasteiger partial charge in [-0.15, -0.1) is 0 Å². The first kappa shape index (κ1) is 135. The van der Waals surface area contributed by atoms with E-state index in [9.17, 15) is 5.53 Å². The van der Waals surface area contributed by atoms with E-state index in [1.165, 1.54) is 664 Å². The quantitative estimate of drug-likeness (QED) is 0.0207. The number of nitrogens with zero attached hydrogens (tertiary/aromatic N) is 2. The van der Waals surface area contributed by atoms with Crippen molar-refractivity contribution in [1.82, 2.24) is 0 Å². The van der Waals surface area contributed by atoms with Crippen molar-refractivity contribution in [3.8, 4) is 0 Å². The van der Waals surface area contributed by atoms with Crippen molar-refractivity contribution >= 4 is 11.4 Å². The van der Waals surface area contributed by atoms with Crippen LogP contribution in [0.15, 0.2) is 84.5 Å². The smallest absolute Gasteiger partial charge is 0.493 e. The number of aryl methyl sites for hydroxylation is 2. The van der Waals surface area contributed by atoms with E-state index in [4.69, 9.17) is 0 Å². The van der Waals surface area contributed by atoms with Crippen LogP contribution in [0.2, 0.25) is 0 Å². The zero-order valence-corrected chi connectivity index (χ0v) is 96.0. The van der Waals surface area contributed by atoms with E-state index >= 15 is 0 Å². The van der Waals surface area contributed by atoms with Gasteiger partial charge in [0.05, 0.1) is 0 Å². The predicted octanol–water partition coefficient (Wildman–Crippen LogP) is 49.8. The van der Waals surface area contributed by atoms with Gasteiger partial charge in [0.15, 0.2) is 0 Å². The summed E-state index contributed by atoms with van der Waals surface area (Å²) < 4.78 is 1.55. The molecule has 1 heterocycles. The molecular formula is C135H248N2Ni. The maximum Gasteiger partial charge on any atom is 2.00 e. The number of rotatable bonds is 110. The summed E-state index contributed by atoms with van der Waals surface area (Å²) in [6.45, 7) is 19.3. The predicted molar refractivity (Wildman–Crippen MR) is 626 cm³/mol. The summed E-state index contributed by atoms with van der Waals surface area (Å²) in [5, 5.41) is 0. The molecule has 0 N–H and O–H groups in total. The Morgan fingerprint density at radius 2 is 0.362 bits per heavy atom. The van der Waals surface area contributed by atoms with Gasteiger partial charge in [-0.2, -0.15) is 12.8 Å². The second-order valence-electron chi connectivity index (χ2n) is 44.3. The number of allylic oxidation sites excluding steroid dienone is 6. The third-order valence-electron chi connectivity index (χ3n) is 30.8. The van der Waals surface area contributed by atoms with Gasteiger partial charge in [0.2, 0.25) is 11.4 Å². The molecule has 0 bridgehead atoms. The maximum atomic E-state index is 12.2. The molecule has 0 unspecified atom stereocenters. The molecule has 3 rings (SSSR count). The van der Waals surface area contributed by atoms with Crippen molar-refractivity contribution in [3.05, 3.63) is 126 Å². The molecule has 0 radical (unpaired) electrons. The molecule has 808 valence electrons. The molecule has 2 aromatic carbocycles. The zero-order valence-electron chi connectivity index (χ0n) is 95.0. The number of unbranched alkanes of at least 4 members (excludes halogenated alkanes) is 98. The molecule has 3 heteroatoms. The van der Waals surface area contributed by atoms with Crippen molar-refractivity contribution in [2.75, 3.05) is 0 Å². The standard InChI is InChI=1S/C81H138N2.2C27H55.Ni/c1-4-7-10-12-14-16-18-20-22-24-26-28-30-32-34-36-38-40-42-44-46-48-50-52-54-56-58-61-67-75-69-63-65-72-78(75)80-74-77(71-60-9-6-3)81(83(80)82)79-73-66-64-70-76(79)68-62-59-57-55-53-51-49-47-45-43-41-39-37-35-33-31-29-27-25-23-21-19-17-15-13-11-8-5-2;2*1-3-5-7-9-11-13-15-17-19-21-23-25-27-26-24-22-20-18-16-14-12-10-8-6-4-2;/h56-59,63-66,69-70,72-74H,4-55,60-62,67-68,71H2,1-3H3;2*1,3-27H2,2H3;/q;2*-1;+2. The number of hydrogen-bond donors (Lipinski definition) is 0. The van der Waals surface area contributed by atoms with Crippen LogP contribution in [0.25, 0.3) is 16.9 Å². The largest absolute Gasteiger partial charge is 2.00 e. The van der Waals surface area contributed by atoms with E-state index in [1.54, 1.807) is 4.70 Å². The zero-order chi connectivity index (χ0) is 98.2. The summed E-state index contributed by atoms with van der Waals surface area (Å²) in [5.74, 6) is 0. The van der Waals surface area contributed by atoms with Crippen molar-refractivity contribution in [2.24, 2.45) is 0 Å². The monoisotopic (exact) mass is 1960 g/mol. The summed E-state index contributed by atoms with van der Waals surface area (Å²) in [4.78, 5) is 0. The Hall–Kier alpha value is -2.51. The average molecular weight is 1960 g/mol. The van der Waals surface area contributed by atoms with E-state index in [-0.39, 0.29) is 16.5 Å². The van der Waals surface area contributed by atoms with Crippen LogP contribution in [-0.2, 0) is 29.3 Å². The van der Waals surface area contributed by atoms with Gasteiger partial charge in [0.25, 0.3) is 0 Å². The minimum absolute atomic E-state index is 0. The molecule has 0 aromatic heterocycles. The van der Waals surface area contributed by atoms with Crippen LogP contribution >= 0.6 is 0 Å². The molecular weight excluding hydrogens is 1710 g/mol. The number of hydrogen-bond acceptors (Lipinski definition) is 0. The first-order valence-electron chi connectivity index (χ1n) is 64.0. The van der Waals surface area contributed by atoms with Crippen LogP contribution in [-0.4, -0.2) is 4.70 Å². The summed E-state index contributed by atoms with van der Waals surface area (Å²) >= 11 is 0. The van der Waals surface area contributed by atoms with Gasteiger partial charge >= 0.3 is 16.5 Å². The van der Waals surface area contributed by atoms with Crippen LogP contribution in [0, 0.1) is 13.8 Å². The van der Waals surface area contributed by atoms with Crippen molar-refractivity contribution in [1.29, 1.82) is 0 Å². The fourth-order valence-corrected chi connectivity index (χ4v) is 21.4. The van der Waals surface area contributed by atoms with Crippen LogP contribution in [0.4, 0.5) is 0 Å². The fraction of sp³-hybridized carbons (Fsp3) is 0.837. The van der Waals surface area contributed by atoms with Gasteiger partial charge in [-0.1, -0.05) is 712 Å². The second kappa shape index (κ2) is 118. The molecule has 1 aliphatic rings. The van der Waals surface area contributed by atoms with Crippen molar-refractivity contribution < 1.29 is 21.2 Å². The molecule has 0 saturated heterocycles. The van der Waals surface area contributed by atoms with Gasteiger partial charge in [-0.3, -0.25) is 0 Å². The van der Waals surface area contributed by atoms with Crippen LogP contribution < -0.4 is 0 Å². The SMILES string of the molecule is CCCCCCCCCCCCCCCCCCCCCCCCCCC=CCCc1ccccc1C1=CC(CCCCC)=C(c2ccccc2CCC=CCCCCCCCCCCCCCCCCCCCCCCCCCC)[N+]1=[N-].[CH2-]CCCCCCCCCCCCCCCCCCCCCCCCCC.[CH2-]CCCCCCCCCCCCCCCCCCCCCCCCCC.[Ni+2]. The van der Waals surface area contributed by atoms with E-state index in [1.807, 2.05) is 0 Å². The molecule has 0 aliphatic carbocycles. The average Bonchev–Trinajstić information content (AvgIpc) is 1.62. The third kappa shape index (κ3) is 95.7. The Bertz CT molecular complexity index is 2680. The molecule has 0 saturated carbocycles. The summed E-state index contributed by atoms with van der Waals surface area (Å²) in [5.41, 5.74) is 20.4. The van der Waals surface area contributed by atoms with Crippen LogP contribution in [0.1, 0.15) is 737 Å². The van der Waals surface area contributed by atoms with E-state index in [0.29, 0.717) is 0 Å². The summed E-state index contributed by atoms with van der Waals surface area (Å²) in [6, 6.07) is 17.7. The molecule has 2 aromatic rings. The molecule has 2 nitrogen and oxygen atoms in total. The van der Waals surface area contributed by atoms with Crippen LogP contribution in [0.3, 0.4) is 0 Å². The topological polar surface area (TPSA) is 25.3 Å². The second-order valence-corrected chi connectivity index (χ2v) is 44.3. The van der Waals surface area contributed by atoms with E-state index < -0.39 is 0 Å². The van der Waals surface area contributed by atoms with Gasteiger partial charge < -0.3 is 19.4 Å². The molecule has 0 atom stereocenters. The van der Waals surface area contributed by atoms with Gasteiger partial charge in [0, 0.05) is 22.8 Å². The maximum absolute atomic E-state index is 12.2. The summed E-state index contributed by atoms with van der Waals surface area (Å²) in [7, 11) is 0. The van der Waals surface area contributed by atoms with Gasteiger partial charge in [0.1, 0.15) is 0 Å². The third-order valence-corrected chi connectivity index (χ3v) is 30.8. The Kier molecular flexibility index (Phi) is 116. The molecule has 0 amide bonds. The normalized spacial score (nSPS) is 12.2. The fourth-order valence-electron chi connectivity index (χ4n) is 21.4. The Labute approximate surface area is 880 Å². The van der Waals surface area contributed by atoms with Crippen LogP contribution in [0.5, 0.6) is 0 Å². The minimum Gasteiger partial charge on any atom is -0.493 e. The molecule has 0 spiro atoms. The van der Waals surface area contributed by atoms with E-state index in [2.05, 4.69) is 127 Å². The molecule has 138 heavy (non-hydrogen) atoms.